The second-order valence-corrected chi connectivity index (χ2v) is 12.1. The molecule has 0 amide bonds. The fourth-order valence-electron chi connectivity index (χ4n) is 4.92. The number of ether oxygens (including phenoxy) is 1. The van der Waals surface area contributed by atoms with Crippen LogP contribution in [0.3, 0.4) is 0 Å². The lowest BCUT2D eigenvalue weighted by molar-refractivity contribution is -0.134. The molecule has 1 aliphatic heterocycles. The number of hydrogen-bond donors (Lipinski definition) is 0. The van der Waals surface area contributed by atoms with Crippen molar-refractivity contribution in [3.05, 3.63) is 77.6 Å². The number of Topliss-reactive ketones (excluding diaryl/α,β-unsaturated/α-hetero) is 1. The van der Waals surface area contributed by atoms with E-state index in [1.807, 2.05) is 38.1 Å². The molecule has 0 unspecified atom stereocenters. The van der Waals surface area contributed by atoms with Gasteiger partial charge in [-0.1, -0.05) is 38.1 Å². The third-order valence-corrected chi connectivity index (χ3v) is 8.19. The molecule has 1 aromatic heterocycles. The number of nitrogens with zero attached hydrogens (tertiary/aromatic N) is 3. The van der Waals surface area contributed by atoms with Gasteiger partial charge in [0.25, 0.3) is 0 Å². The minimum atomic E-state index is -5.73. The summed E-state index contributed by atoms with van der Waals surface area (Å²) in [6.45, 7) is 5.71. The quantitative estimate of drug-likeness (QED) is 0.286. The van der Waals surface area contributed by atoms with E-state index in [9.17, 15) is 26.4 Å². The van der Waals surface area contributed by atoms with Gasteiger partial charge in [0.1, 0.15) is 23.9 Å². The molecule has 12 heteroatoms. The van der Waals surface area contributed by atoms with Gasteiger partial charge >= 0.3 is 15.6 Å². The number of carbonyl (C=O) groups is 1. The molecule has 0 atom stereocenters. The minimum Gasteiger partial charge on any atom is -0.487 e. The number of alkyl halides is 3. The van der Waals surface area contributed by atoms with Crippen molar-refractivity contribution in [3.8, 4) is 11.5 Å². The molecule has 0 bridgehead atoms. The maximum absolute atomic E-state index is 12.6. The molecule has 39 heavy (non-hydrogen) atoms. The maximum Gasteiger partial charge on any atom is 0.534 e. The van der Waals surface area contributed by atoms with E-state index < -0.39 is 26.8 Å². The maximum atomic E-state index is 12.6. The second kappa shape index (κ2) is 9.51. The molecule has 3 aromatic rings. The summed E-state index contributed by atoms with van der Waals surface area (Å²) in [6, 6.07) is 14.6. The molecule has 8 nitrogen and oxygen atoms in total. The van der Waals surface area contributed by atoms with Gasteiger partial charge in [0.2, 0.25) is 5.95 Å². The highest BCUT2D eigenvalue weighted by Crippen LogP contribution is 2.46. The van der Waals surface area contributed by atoms with Gasteiger partial charge < -0.3 is 13.8 Å². The summed E-state index contributed by atoms with van der Waals surface area (Å²) in [5.74, 6) is 1.16. The standard InChI is InChI=1S/C27H26F3N3O5S/c1-25(2,19-5-9-23(10-6-19)38-39(35,36)27(28,29)30)18-3-7-22(8-4-18)37-15-20-11-12-31-24(32-20)33-16-26(17-33)13-21(34)14-26/h3-12H,13-17H2,1-2H3. The Morgan fingerprint density at radius 3 is 2.03 bits per heavy atom. The van der Waals surface area contributed by atoms with Gasteiger partial charge in [-0.3, -0.25) is 4.79 Å². The Balaban J connectivity index is 1.19. The molecule has 2 aliphatic rings. The highest BCUT2D eigenvalue weighted by atomic mass is 32.2. The van der Waals surface area contributed by atoms with Crippen molar-refractivity contribution < 1.29 is 35.3 Å². The molecule has 1 aliphatic carbocycles. The van der Waals surface area contributed by atoms with Crippen molar-refractivity contribution in [1.29, 1.82) is 0 Å². The molecule has 1 saturated heterocycles. The SMILES string of the molecule is CC(C)(c1ccc(OCc2ccnc(N3CC4(CC(=O)C4)C3)n2)cc1)c1ccc(OS(=O)(=O)C(F)(F)F)cc1. The monoisotopic (exact) mass is 561 g/mol. The van der Waals surface area contributed by atoms with Crippen LogP contribution in [0.25, 0.3) is 0 Å². The van der Waals surface area contributed by atoms with Crippen LogP contribution in [0.5, 0.6) is 11.5 Å². The molecule has 1 spiro atoms. The first-order valence-electron chi connectivity index (χ1n) is 12.2. The summed E-state index contributed by atoms with van der Waals surface area (Å²) in [6.07, 6.45) is 2.98. The Morgan fingerprint density at radius 2 is 1.49 bits per heavy atom. The van der Waals surface area contributed by atoms with E-state index in [-0.39, 0.29) is 12.0 Å². The Bertz CT molecular complexity index is 1470. The van der Waals surface area contributed by atoms with Crippen LogP contribution in [-0.4, -0.2) is 42.8 Å². The average Bonchev–Trinajstić information content (AvgIpc) is 2.84. The molecule has 2 aromatic carbocycles. The van der Waals surface area contributed by atoms with Gasteiger partial charge in [-0.2, -0.15) is 21.6 Å². The number of ketones is 1. The molecule has 0 radical (unpaired) electrons. The summed E-state index contributed by atoms with van der Waals surface area (Å²) in [7, 11) is -5.73. The van der Waals surface area contributed by atoms with Crippen molar-refractivity contribution >= 4 is 21.8 Å². The van der Waals surface area contributed by atoms with Crippen molar-refractivity contribution in [2.45, 2.75) is 44.2 Å². The van der Waals surface area contributed by atoms with E-state index in [1.54, 1.807) is 12.3 Å². The summed E-state index contributed by atoms with van der Waals surface area (Å²) in [5, 5.41) is 0. The smallest absolute Gasteiger partial charge is 0.487 e. The predicted octanol–water partition coefficient (Wildman–Crippen LogP) is 4.78. The van der Waals surface area contributed by atoms with Crippen LogP contribution < -0.4 is 13.8 Å². The van der Waals surface area contributed by atoms with E-state index in [0.29, 0.717) is 30.3 Å². The number of hydrogen-bond acceptors (Lipinski definition) is 8. The van der Waals surface area contributed by atoms with Crippen molar-refractivity contribution in [1.82, 2.24) is 9.97 Å². The number of anilines is 1. The zero-order valence-corrected chi connectivity index (χ0v) is 22.1. The molecule has 206 valence electrons. The second-order valence-electron chi connectivity index (χ2n) is 10.5. The van der Waals surface area contributed by atoms with Gasteiger partial charge in [0.15, 0.2) is 0 Å². The van der Waals surface area contributed by atoms with Crippen LogP contribution in [-0.2, 0) is 26.9 Å². The van der Waals surface area contributed by atoms with E-state index >= 15 is 0 Å². The van der Waals surface area contributed by atoms with E-state index in [1.165, 1.54) is 24.3 Å². The molecule has 5 rings (SSSR count). The molecule has 2 heterocycles. The predicted molar refractivity (Wildman–Crippen MR) is 136 cm³/mol. The van der Waals surface area contributed by atoms with E-state index in [4.69, 9.17) is 4.74 Å². The topological polar surface area (TPSA) is 98.7 Å². The first kappa shape index (κ1) is 26.9. The van der Waals surface area contributed by atoms with Crippen LogP contribution in [0, 0.1) is 5.41 Å². The Labute approximate surface area is 223 Å². The zero-order valence-electron chi connectivity index (χ0n) is 21.2. The van der Waals surface area contributed by atoms with Gasteiger partial charge in [-0.05, 0) is 41.5 Å². The lowest BCUT2D eigenvalue weighted by Gasteiger charge is -2.54. The number of rotatable bonds is 8. The van der Waals surface area contributed by atoms with E-state index in [0.717, 1.165) is 29.9 Å². The highest BCUT2D eigenvalue weighted by Gasteiger charge is 2.52. The highest BCUT2D eigenvalue weighted by molar-refractivity contribution is 7.88. The number of halogens is 3. The van der Waals surface area contributed by atoms with Crippen LogP contribution in [0.4, 0.5) is 19.1 Å². The van der Waals surface area contributed by atoms with Crippen molar-refractivity contribution in [3.63, 3.8) is 0 Å². The number of carbonyl (C=O) groups excluding carboxylic acids is 1. The molecule has 2 fully saturated rings. The Kier molecular flexibility index (Phi) is 6.56. The summed E-state index contributed by atoms with van der Waals surface area (Å²) in [4.78, 5) is 22.3. The average molecular weight is 562 g/mol. The van der Waals surface area contributed by atoms with E-state index in [2.05, 4.69) is 19.1 Å². The first-order chi connectivity index (χ1) is 18.3. The fourth-order valence-corrected chi connectivity index (χ4v) is 5.38. The van der Waals surface area contributed by atoms with Crippen molar-refractivity contribution in [2.75, 3.05) is 18.0 Å². The molecular weight excluding hydrogens is 535 g/mol. The van der Waals surface area contributed by atoms with Gasteiger partial charge in [-0.25, -0.2) is 9.97 Å². The molecular formula is C27H26F3N3O5S. The first-order valence-corrected chi connectivity index (χ1v) is 13.6. The van der Waals surface area contributed by atoms with Crippen LogP contribution in [0.2, 0.25) is 0 Å². The normalized spacial score (nSPS) is 16.9. The fraction of sp³-hybridized carbons (Fsp3) is 0.370. The number of aromatic nitrogens is 2. The van der Waals surface area contributed by atoms with Crippen molar-refractivity contribution in [2.24, 2.45) is 5.41 Å². The van der Waals surface area contributed by atoms with Crippen LogP contribution >= 0.6 is 0 Å². The van der Waals surface area contributed by atoms with Crippen LogP contribution in [0.1, 0.15) is 43.5 Å². The summed E-state index contributed by atoms with van der Waals surface area (Å²) >= 11 is 0. The van der Waals surface area contributed by atoms with Gasteiger partial charge in [-0.15, -0.1) is 0 Å². The third kappa shape index (κ3) is 5.42. The Hall–Kier alpha value is -3.67. The summed E-state index contributed by atoms with van der Waals surface area (Å²) < 4.78 is 70.3. The number of benzene rings is 2. The molecule has 0 N–H and O–H groups in total. The van der Waals surface area contributed by atoms with Gasteiger partial charge in [0.05, 0.1) is 5.69 Å². The molecule has 1 saturated carbocycles. The summed E-state index contributed by atoms with van der Waals surface area (Å²) in [5.41, 5.74) is -3.53. The Morgan fingerprint density at radius 1 is 0.923 bits per heavy atom. The third-order valence-electron chi connectivity index (χ3n) is 7.21. The largest absolute Gasteiger partial charge is 0.534 e. The lowest BCUT2D eigenvalue weighted by atomic mass is 9.63. The minimum absolute atomic E-state index is 0.117. The lowest BCUT2D eigenvalue weighted by Crippen LogP contribution is -2.63. The zero-order chi connectivity index (χ0) is 28.1. The van der Waals surface area contributed by atoms with Gasteiger partial charge in [0, 0.05) is 43.0 Å². The van der Waals surface area contributed by atoms with Crippen LogP contribution in [0.15, 0.2) is 60.8 Å².